The minimum atomic E-state index is -4.67. The van der Waals surface area contributed by atoms with Crippen LogP contribution in [0.4, 0.5) is 23.2 Å². The van der Waals surface area contributed by atoms with Gasteiger partial charge in [0.1, 0.15) is 12.4 Å². The molecule has 0 aliphatic carbocycles. The fraction of sp³-hybridized carbons (Fsp3) is 0.385. The monoisotopic (exact) mass is 323 g/mol. The first kappa shape index (κ1) is 17.7. The molecule has 1 N–H and O–H groups in total. The van der Waals surface area contributed by atoms with Gasteiger partial charge in [-0.2, -0.15) is 13.2 Å². The van der Waals surface area contributed by atoms with Crippen LogP contribution >= 0.6 is 0 Å². The molecule has 0 unspecified atom stereocenters. The van der Waals surface area contributed by atoms with E-state index in [1.165, 1.54) is 0 Å². The zero-order valence-corrected chi connectivity index (χ0v) is 11.5. The third-order valence-corrected chi connectivity index (χ3v) is 2.24. The first-order valence-corrected chi connectivity index (χ1v) is 6.15. The lowest BCUT2D eigenvalue weighted by Gasteiger charge is -2.10. The Kier molecular flexibility index (Phi) is 6.14. The van der Waals surface area contributed by atoms with Crippen LogP contribution in [0.5, 0.6) is 0 Å². The highest BCUT2D eigenvalue weighted by molar-refractivity contribution is 5.90. The molecule has 0 radical (unpaired) electrons. The summed E-state index contributed by atoms with van der Waals surface area (Å²) in [5.74, 6) is -2.79. The zero-order chi connectivity index (χ0) is 16.8. The van der Waals surface area contributed by atoms with Crippen molar-refractivity contribution in [2.75, 3.05) is 25.1 Å². The van der Waals surface area contributed by atoms with E-state index < -0.39 is 36.1 Å². The number of hydrogen-bond donors (Lipinski definition) is 1. The summed E-state index contributed by atoms with van der Waals surface area (Å²) in [6.45, 7) is -0.282. The van der Waals surface area contributed by atoms with Crippen molar-refractivity contribution in [3.63, 3.8) is 0 Å². The number of ether oxygens (including phenoxy) is 2. The van der Waals surface area contributed by atoms with E-state index in [2.05, 4.69) is 14.8 Å². The van der Waals surface area contributed by atoms with E-state index in [4.69, 9.17) is 0 Å². The van der Waals surface area contributed by atoms with Crippen molar-refractivity contribution in [1.82, 2.24) is 0 Å². The largest absolute Gasteiger partial charge is 0.465 e. The van der Waals surface area contributed by atoms with Gasteiger partial charge in [-0.05, 0) is 25.1 Å². The van der Waals surface area contributed by atoms with Gasteiger partial charge in [-0.15, -0.1) is 0 Å². The number of rotatable bonds is 6. The molecule has 1 aromatic carbocycles. The molecule has 9 heteroatoms. The van der Waals surface area contributed by atoms with Crippen LogP contribution in [0.3, 0.4) is 0 Å². The van der Waals surface area contributed by atoms with Gasteiger partial charge in [-0.25, -0.2) is 9.18 Å². The quantitative estimate of drug-likeness (QED) is 0.644. The highest BCUT2D eigenvalue weighted by Gasteiger charge is 2.30. The van der Waals surface area contributed by atoms with Gasteiger partial charge in [0, 0.05) is 5.69 Å². The second kappa shape index (κ2) is 7.62. The second-order valence-electron chi connectivity index (χ2n) is 4.08. The van der Waals surface area contributed by atoms with E-state index in [9.17, 15) is 27.2 Å². The molecule has 0 aliphatic heterocycles. The number of halogens is 4. The molecule has 0 bridgehead atoms. The third-order valence-electron chi connectivity index (χ3n) is 2.24. The van der Waals surface area contributed by atoms with E-state index in [0.717, 1.165) is 18.2 Å². The van der Waals surface area contributed by atoms with E-state index in [1.54, 1.807) is 6.92 Å². The lowest BCUT2D eigenvalue weighted by molar-refractivity contribution is -0.161. The van der Waals surface area contributed by atoms with Crippen molar-refractivity contribution in [1.29, 1.82) is 0 Å². The summed E-state index contributed by atoms with van der Waals surface area (Å²) in [5.41, 5.74) is -0.373. The molecular weight excluding hydrogens is 310 g/mol. The van der Waals surface area contributed by atoms with Crippen LogP contribution in [-0.2, 0) is 14.3 Å². The number of hydrogen-bond acceptors (Lipinski definition) is 5. The highest BCUT2D eigenvalue weighted by Crippen LogP contribution is 2.18. The summed E-state index contributed by atoms with van der Waals surface area (Å²) in [5, 5.41) is 2.49. The van der Waals surface area contributed by atoms with Gasteiger partial charge in [-0.3, -0.25) is 4.79 Å². The predicted molar refractivity (Wildman–Crippen MR) is 67.9 cm³/mol. The molecule has 1 aromatic rings. The van der Waals surface area contributed by atoms with E-state index >= 15 is 0 Å². The average molecular weight is 323 g/mol. The SMILES string of the molecule is CCOC(=O)CNc1cc(F)cc(C(=O)OCC(F)(F)F)c1. The molecule has 0 aliphatic rings. The molecule has 1 rings (SSSR count). The maximum Gasteiger partial charge on any atom is 0.422 e. The number of esters is 2. The van der Waals surface area contributed by atoms with E-state index in [0.29, 0.717) is 0 Å². The van der Waals surface area contributed by atoms with Crippen LogP contribution < -0.4 is 5.32 Å². The lowest BCUT2D eigenvalue weighted by Crippen LogP contribution is -2.21. The Morgan fingerprint density at radius 1 is 1.18 bits per heavy atom. The molecule has 0 aromatic heterocycles. The second-order valence-corrected chi connectivity index (χ2v) is 4.08. The summed E-state index contributed by atoms with van der Waals surface area (Å²) >= 11 is 0. The fourth-order valence-corrected chi connectivity index (χ4v) is 1.43. The first-order valence-electron chi connectivity index (χ1n) is 6.15. The Bertz CT molecular complexity index is 545. The van der Waals surface area contributed by atoms with Crippen LogP contribution in [0, 0.1) is 5.82 Å². The minimum absolute atomic E-state index is 0.0343. The Hall–Kier alpha value is -2.32. The van der Waals surface area contributed by atoms with E-state index in [1.807, 2.05) is 0 Å². The smallest absolute Gasteiger partial charge is 0.422 e. The maximum atomic E-state index is 13.3. The minimum Gasteiger partial charge on any atom is -0.465 e. The van der Waals surface area contributed by atoms with Crippen LogP contribution in [0.25, 0.3) is 0 Å². The fourth-order valence-electron chi connectivity index (χ4n) is 1.43. The third kappa shape index (κ3) is 6.42. The predicted octanol–water partition coefficient (Wildman–Crippen LogP) is 2.52. The summed E-state index contributed by atoms with van der Waals surface area (Å²) in [4.78, 5) is 22.6. The Morgan fingerprint density at radius 2 is 1.86 bits per heavy atom. The van der Waals surface area contributed by atoms with Crippen LogP contribution in [0.2, 0.25) is 0 Å². The van der Waals surface area contributed by atoms with Crippen LogP contribution in [0.1, 0.15) is 17.3 Å². The molecule has 0 spiro atoms. The van der Waals surface area contributed by atoms with Gasteiger partial charge < -0.3 is 14.8 Å². The first-order chi connectivity index (χ1) is 10.2. The molecule has 0 saturated carbocycles. The molecule has 0 amide bonds. The molecule has 0 fully saturated rings. The van der Waals surface area contributed by atoms with Crippen LogP contribution in [-0.4, -0.2) is 37.9 Å². The molecule has 0 atom stereocenters. The van der Waals surface area contributed by atoms with Gasteiger partial charge in [0.2, 0.25) is 0 Å². The van der Waals surface area contributed by atoms with Gasteiger partial charge in [0.25, 0.3) is 0 Å². The van der Waals surface area contributed by atoms with Crippen molar-refractivity contribution in [2.45, 2.75) is 13.1 Å². The lowest BCUT2D eigenvalue weighted by atomic mass is 10.2. The van der Waals surface area contributed by atoms with Gasteiger partial charge >= 0.3 is 18.1 Å². The average Bonchev–Trinajstić information content (AvgIpc) is 2.41. The number of benzene rings is 1. The van der Waals surface area contributed by atoms with Crippen molar-refractivity contribution in [3.8, 4) is 0 Å². The van der Waals surface area contributed by atoms with Gasteiger partial charge in [0.05, 0.1) is 12.2 Å². The topological polar surface area (TPSA) is 64.6 Å². The highest BCUT2D eigenvalue weighted by atomic mass is 19.4. The number of carbonyl (C=O) groups excluding carboxylic acids is 2. The number of carbonyl (C=O) groups is 2. The standard InChI is InChI=1S/C13H13F4NO4/c1-2-21-11(19)6-18-10-4-8(3-9(14)5-10)12(20)22-7-13(15,16)17/h3-5,18H,2,6-7H2,1H3. The van der Waals surface area contributed by atoms with Crippen LogP contribution in [0.15, 0.2) is 18.2 Å². The van der Waals surface area contributed by atoms with Crippen molar-refractivity contribution < 1.29 is 36.6 Å². The Labute approximate surface area is 123 Å². The van der Waals surface area contributed by atoms with Crippen molar-refractivity contribution >= 4 is 17.6 Å². The van der Waals surface area contributed by atoms with Gasteiger partial charge in [-0.1, -0.05) is 0 Å². The zero-order valence-electron chi connectivity index (χ0n) is 11.5. The van der Waals surface area contributed by atoms with Gasteiger partial charge in [0.15, 0.2) is 6.61 Å². The molecule has 122 valence electrons. The molecule has 0 saturated heterocycles. The molecule has 22 heavy (non-hydrogen) atoms. The number of alkyl halides is 3. The normalized spacial score (nSPS) is 11.0. The number of nitrogens with one attached hydrogen (secondary N) is 1. The molecule has 5 nitrogen and oxygen atoms in total. The number of anilines is 1. The van der Waals surface area contributed by atoms with E-state index in [-0.39, 0.29) is 18.8 Å². The Balaban J connectivity index is 2.72. The summed E-state index contributed by atoms with van der Waals surface area (Å²) in [6.07, 6.45) is -4.67. The summed E-state index contributed by atoms with van der Waals surface area (Å²) < 4.78 is 57.9. The summed E-state index contributed by atoms with van der Waals surface area (Å²) in [7, 11) is 0. The Morgan fingerprint density at radius 3 is 2.45 bits per heavy atom. The summed E-state index contributed by atoms with van der Waals surface area (Å²) in [6, 6.07) is 2.77. The maximum absolute atomic E-state index is 13.3. The van der Waals surface area contributed by atoms with Crippen molar-refractivity contribution in [3.05, 3.63) is 29.6 Å². The molecular formula is C13H13F4NO4. The molecule has 0 heterocycles. The van der Waals surface area contributed by atoms with Crippen molar-refractivity contribution in [2.24, 2.45) is 0 Å².